The van der Waals surface area contributed by atoms with Gasteiger partial charge in [-0.05, 0) is 12.5 Å². The van der Waals surface area contributed by atoms with Crippen molar-refractivity contribution in [3.05, 3.63) is 68.5 Å². The van der Waals surface area contributed by atoms with E-state index in [1.165, 1.54) is 13.1 Å². The molecule has 3 N–H and O–H groups in total. The number of ether oxygens (including phenoxy) is 3. The molecule has 188 valence electrons. The Kier molecular flexibility index (Phi) is 8.72. The van der Waals surface area contributed by atoms with E-state index in [0.717, 1.165) is 14.7 Å². The molecule has 34 heavy (non-hydrogen) atoms. The van der Waals surface area contributed by atoms with Crippen LogP contribution in [0.3, 0.4) is 0 Å². The lowest BCUT2D eigenvalue weighted by Gasteiger charge is -2.23. The summed E-state index contributed by atoms with van der Waals surface area (Å²) in [6.07, 6.45) is -3.75. The summed E-state index contributed by atoms with van der Waals surface area (Å²) in [7, 11) is -4.69. The minimum absolute atomic E-state index is 0.158. The van der Waals surface area contributed by atoms with Crippen molar-refractivity contribution in [2.45, 2.75) is 44.8 Å². The molecule has 2 aromatic rings. The molecule has 1 aromatic carbocycles. The number of benzene rings is 1. The Hall–Kier alpha value is -2.43. The second-order valence-corrected chi connectivity index (χ2v) is 8.61. The molecule has 0 bridgehead atoms. The number of aliphatic hydroxyl groups is 2. The van der Waals surface area contributed by atoms with Gasteiger partial charge < -0.3 is 24.4 Å². The first-order valence-corrected chi connectivity index (χ1v) is 11.6. The van der Waals surface area contributed by atoms with E-state index in [2.05, 4.69) is 4.18 Å². The SMILES string of the molecule is Cc1cn([C@@H]2O[C@H](CO)[C@@H](O)[C@H]2OCCOS(=O)(=O)O)c(=O)n(COCc2ccccc2)c1=O. The molecule has 0 saturated carbocycles. The zero-order valence-electron chi connectivity index (χ0n) is 18.2. The van der Waals surface area contributed by atoms with Crippen LogP contribution in [-0.2, 0) is 42.1 Å². The molecule has 13 nitrogen and oxygen atoms in total. The quantitative estimate of drug-likeness (QED) is 0.252. The minimum Gasteiger partial charge on any atom is -0.394 e. The van der Waals surface area contributed by atoms with Crippen LogP contribution in [0.2, 0.25) is 0 Å². The molecule has 1 fully saturated rings. The van der Waals surface area contributed by atoms with Crippen LogP contribution in [0.1, 0.15) is 17.4 Å². The maximum absolute atomic E-state index is 13.1. The number of aromatic nitrogens is 2. The summed E-state index contributed by atoms with van der Waals surface area (Å²) in [6, 6.07) is 9.15. The second kappa shape index (κ2) is 11.3. The first-order valence-electron chi connectivity index (χ1n) is 10.2. The van der Waals surface area contributed by atoms with E-state index in [1.807, 2.05) is 30.3 Å². The van der Waals surface area contributed by atoms with Gasteiger partial charge in [0.05, 0.1) is 26.4 Å². The van der Waals surface area contributed by atoms with Crippen molar-refractivity contribution < 1.29 is 41.6 Å². The fourth-order valence-electron chi connectivity index (χ4n) is 3.48. The van der Waals surface area contributed by atoms with E-state index in [0.29, 0.717) is 0 Å². The predicted molar refractivity (Wildman–Crippen MR) is 115 cm³/mol. The van der Waals surface area contributed by atoms with Crippen molar-refractivity contribution in [1.29, 1.82) is 0 Å². The molecule has 1 aliphatic rings. The molecule has 0 amide bonds. The number of rotatable bonds is 11. The lowest BCUT2D eigenvalue weighted by atomic mass is 10.1. The fourth-order valence-corrected chi connectivity index (χ4v) is 3.76. The van der Waals surface area contributed by atoms with Gasteiger partial charge in [0.2, 0.25) is 0 Å². The molecule has 0 spiro atoms. The van der Waals surface area contributed by atoms with Crippen molar-refractivity contribution in [3.8, 4) is 0 Å². The highest BCUT2D eigenvalue weighted by Crippen LogP contribution is 2.30. The standard InChI is InChI=1S/C20H26N2O11S/c1-13-9-21(20(26)22(18(13)25)12-30-11-14-5-3-2-4-6-14)19-17(16(24)15(10-23)33-19)31-7-8-32-34(27,28)29/h2-6,9,15-17,19,23-24H,7-8,10-12H2,1H3,(H,27,28,29)/t15-,16-,17-,19-/m1/s1. The van der Waals surface area contributed by atoms with Gasteiger partial charge in [-0.25, -0.2) is 13.5 Å². The van der Waals surface area contributed by atoms with Crippen LogP contribution < -0.4 is 11.2 Å². The van der Waals surface area contributed by atoms with E-state index < -0.39 is 66.0 Å². The normalized spacial score (nSPS) is 22.8. The van der Waals surface area contributed by atoms with Gasteiger partial charge in [-0.2, -0.15) is 8.42 Å². The first-order chi connectivity index (χ1) is 16.1. The van der Waals surface area contributed by atoms with E-state index in [-0.39, 0.29) is 18.9 Å². The monoisotopic (exact) mass is 502 g/mol. The summed E-state index contributed by atoms with van der Waals surface area (Å²) >= 11 is 0. The van der Waals surface area contributed by atoms with Crippen molar-refractivity contribution in [3.63, 3.8) is 0 Å². The third kappa shape index (κ3) is 6.37. The number of aryl methyl sites for hydroxylation is 1. The van der Waals surface area contributed by atoms with Gasteiger partial charge in [0.25, 0.3) is 5.56 Å². The van der Waals surface area contributed by atoms with Crippen LogP contribution in [0.4, 0.5) is 0 Å². The summed E-state index contributed by atoms with van der Waals surface area (Å²) in [5, 5.41) is 20.0. The number of nitrogens with zero attached hydrogens (tertiary/aromatic N) is 2. The molecule has 0 aliphatic carbocycles. The number of hydrogen-bond acceptors (Lipinski definition) is 10. The molecular formula is C20H26N2O11S. The van der Waals surface area contributed by atoms with E-state index in [9.17, 15) is 28.2 Å². The van der Waals surface area contributed by atoms with Crippen molar-refractivity contribution in [2.75, 3.05) is 19.8 Å². The van der Waals surface area contributed by atoms with Gasteiger partial charge in [-0.15, -0.1) is 0 Å². The Balaban J connectivity index is 1.82. The van der Waals surface area contributed by atoms with Gasteiger partial charge in [0.1, 0.15) is 25.0 Å². The predicted octanol–water partition coefficient (Wildman–Crippen LogP) is -1.05. The number of hydrogen-bond donors (Lipinski definition) is 3. The Morgan fingerprint density at radius 3 is 2.50 bits per heavy atom. The van der Waals surface area contributed by atoms with Crippen LogP contribution >= 0.6 is 0 Å². The average Bonchev–Trinajstić information content (AvgIpc) is 3.11. The molecule has 1 aliphatic heterocycles. The maximum Gasteiger partial charge on any atom is 0.397 e. The maximum atomic E-state index is 13.1. The van der Waals surface area contributed by atoms with Crippen LogP contribution in [0.15, 0.2) is 46.1 Å². The third-order valence-electron chi connectivity index (χ3n) is 5.09. The van der Waals surface area contributed by atoms with E-state index >= 15 is 0 Å². The second-order valence-electron chi connectivity index (χ2n) is 7.52. The molecule has 0 unspecified atom stereocenters. The fraction of sp³-hybridized carbons (Fsp3) is 0.500. The van der Waals surface area contributed by atoms with E-state index in [4.69, 9.17) is 18.8 Å². The molecule has 0 radical (unpaired) electrons. The van der Waals surface area contributed by atoms with Gasteiger partial charge in [0.15, 0.2) is 6.23 Å². The summed E-state index contributed by atoms with van der Waals surface area (Å²) in [4.78, 5) is 25.7. The molecule has 1 aromatic heterocycles. The Labute approximate surface area is 194 Å². The molecular weight excluding hydrogens is 476 g/mol. The van der Waals surface area contributed by atoms with Crippen LogP contribution in [-0.4, -0.2) is 70.5 Å². The van der Waals surface area contributed by atoms with Crippen molar-refractivity contribution >= 4 is 10.4 Å². The summed E-state index contributed by atoms with van der Waals surface area (Å²) < 4.78 is 52.7. The molecule has 4 atom stereocenters. The summed E-state index contributed by atoms with van der Waals surface area (Å²) in [5.74, 6) is 0. The van der Waals surface area contributed by atoms with Gasteiger partial charge in [0, 0.05) is 11.8 Å². The Morgan fingerprint density at radius 1 is 1.15 bits per heavy atom. The lowest BCUT2D eigenvalue weighted by Crippen LogP contribution is -2.45. The Bertz CT molecular complexity index is 1180. The van der Waals surface area contributed by atoms with Crippen molar-refractivity contribution in [2.24, 2.45) is 0 Å². The number of aliphatic hydroxyl groups excluding tert-OH is 2. The minimum atomic E-state index is -4.69. The molecule has 3 rings (SSSR count). The van der Waals surface area contributed by atoms with Crippen LogP contribution in [0, 0.1) is 6.92 Å². The van der Waals surface area contributed by atoms with E-state index in [1.54, 1.807) is 0 Å². The highest BCUT2D eigenvalue weighted by Gasteiger charge is 2.46. The Morgan fingerprint density at radius 2 is 1.85 bits per heavy atom. The molecule has 2 heterocycles. The van der Waals surface area contributed by atoms with Crippen molar-refractivity contribution in [1.82, 2.24) is 9.13 Å². The smallest absolute Gasteiger partial charge is 0.394 e. The van der Waals surface area contributed by atoms with Crippen LogP contribution in [0.25, 0.3) is 0 Å². The van der Waals surface area contributed by atoms with Gasteiger partial charge in [-0.3, -0.25) is 13.9 Å². The van der Waals surface area contributed by atoms with Gasteiger partial charge >= 0.3 is 16.1 Å². The first kappa shape index (κ1) is 26.2. The third-order valence-corrected chi connectivity index (χ3v) is 5.56. The lowest BCUT2D eigenvalue weighted by molar-refractivity contribution is -0.0798. The van der Waals surface area contributed by atoms with Crippen LogP contribution in [0.5, 0.6) is 0 Å². The highest BCUT2D eigenvalue weighted by atomic mass is 32.3. The largest absolute Gasteiger partial charge is 0.397 e. The average molecular weight is 502 g/mol. The zero-order valence-corrected chi connectivity index (χ0v) is 19.0. The summed E-state index contributed by atoms with van der Waals surface area (Å²) in [5.41, 5.74) is -0.355. The zero-order chi connectivity index (χ0) is 24.9. The topological polar surface area (TPSA) is 176 Å². The summed E-state index contributed by atoms with van der Waals surface area (Å²) in [6.45, 7) is -0.262. The molecule has 14 heteroatoms. The van der Waals surface area contributed by atoms with Gasteiger partial charge in [-0.1, -0.05) is 30.3 Å². The molecule has 1 saturated heterocycles. The highest BCUT2D eigenvalue weighted by molar-refractivity contribution is 7.80.